The Morgan fingerprint density at radius 1 is 1.33 bits per heavy atom. The number of halogens is 1. The largest absolute Gasteiger partial charge is 0.497 e. The summed E-state index contributed by atoms with van der Waals surface area (Å²) in [5.41, 5.74) is 0.780. The number of hydrogen-bond acceptors (Lipinski definition) is 6. The highest BCUT2D eigenvalue weighted by Gasteiger charge is 2.42. The van der Waals surface area contributed by atoms with Gasteiger partial charge in [0, 0.05) is 31.3 Å². The quantitative estimate of drug-likeness (QED) is 0.636. The molecule has 3 rings (SSSR count). The number of rotatable bonds is 6. The number of amides is 1. The van der Waals surface area contributed by atoms with E-state index in [1.807, 2.05) is 12.1 Å². The number of carbonyl (C=O) groups is 2. The first-order valence-corrected chi connectivity index (χ1v) is 11.4. The molecule has 0 spiro atoms. The second-order valence-electron chi connectivity index (χ2n) is 9.35. The van der Waals surface area contributed by atoms with Gasteiger partial charge in [-0.15, -0.1) is 0 Å². The minimum absolute atomic E-state index is 0.0286. The van der Waals surface area contributed by atoms with Crippen molar-refractivity contribution >= 4 is 34.6 Å². The summed E-state index contributed by atoms with van der Waals surface area (Å²) in [5, 5.41) is 21.1. The number of carbonyl (C=O) groups excluding carboxylic acids is 1. The van der Waals surface area contributed by atoms with Crippen LogP contribution in [-0.2, 0) is 9.53 Å². The number of likely N-dealkylation sites (tertiary alicyclic amines) is 1. The van der Waals surface area contributed by atoms with Crippen LogP contribution in [0.15, 0.2) is 24.4 Å². The van der Waals surface area contributed by atoms with Crippen molar-refractivity contribution in [3.05, 3.63) is 35.0 Å². The SMILES string of the molecule is COc1ccc2ncc(Cl)c(C(CCO)C3CCN(C(=O)OC(C)(C)C)CC3C(=O)O)c2c1. The van der Waals surface area contributed by atoms with Crippen molar-refractivity contribution in [2.75, 3.05) is 26.8 Å². The van der Waals surface area contributed by atoms with Crippen LogP contribution in [0.1, 0.15) is 45.1 Å². The van der Waals surface area contributed by atoms with Gasteiger partial charge >= 0.3 is 12.1 Å². The maximum absolute atomic E-state index is 12.6. The molecule has 2 heterocycles. The van der Waals surface area contributed by atoms with Gasteiger partial charge < -0.3 is 24.6 Å². The zero-order valence-corrected chi connectivity index (χ0v) is 20.1. The maximum atomic E-state index is 12.6. The van der Waals surface area contributed by atoms with Gasteiger partial charge in [-0.05, 0) is 69.2 Å². The Hall–Kier alpha value is -2.58. The van der Waals surface area contributed by atoms with Crippen molar-refractivity contribution in [2.45, 2.75) is 45.1 Å². The van der Waals surface area contributed by atoms with E-state index in [0.29, 0.717) is 35.7 Å². The van der Waals surface area contributed by atoms with Crippen molar-refractivity contribution < 1.29 is 29.3 Å². The fourth-order valence-corrected chi connectivity index (χ4v) is 4.88. The number of carboxylic acids is 1. The Kier molecular flexibility index (Phi) is 7.69. The number of nitrogens with zero attached hydrogens (tertiary/aromatic N) is 2. The van der Waals surface area contributed by atoms with Crippen LogP contribution in [0, 0.1) is 11.8 Å². The highest BCUT2D eigenvalue weighted by atomic mass is 35.5. The summed E-state index contributed by atoms with van der Waals surface area (Å²) in [4.78, 5) is 30.7. The van der Waals surface area contributed by atoms with Crippen LogP contribution in [0.2, 0.25) is 5.02 Å². The number of carboxylic acid groups (broad SMARTS) is 1. The molecule has 1 fully saturated rings. The van der Waals surface area contributed by atoms with Gasteiger partial charge in [-0.3, -0.25) is 9.78 Å². The monoisotopic (exact) mass is 478 g/mol. The van der Waals surface area contributed by atoms with E-state index in [1.165, 1.54) is 4.90 Å². The molecule has 0 saturated carbocycles. The number of benzene rings is 1. The Balaban J connectivity index is 2.01. The van der Waals surface area contributed by atoms with Crippen molar-refractivity contribution in [2.24, 2.45) is 11.8 Å². The van der Waals surface area contributed by atoms with Gasteiger partial charge in [-0.2, -0.15) is 0 Å². The molecule has 1 saturated heterocycles. The lowest BCUT2D eigenvalue weighted by Crippen LogP contribution is -2.49. The van der Waals surface area contributed by atoms with Crippen LogP contribution in [0.25, 0.3) is 10.9 Å². The highest BCUT2D eigenvalue weighted by molar-refractivity contribution is 6.32. The highest BCUT2D eigenvalue weighted by Crippen LogP contribution is 2.44. The van der Waals surface area contributed by atoms with Crippen molar-refractivity contribution in [3.63, 3.8) is 0 Å². The summed E-state index contributed by atoms with van der Waals surface area (Å²) in [6, 6.07) is 5.46. The molecule has 1 aliphatic heterocycles. The number of pyridine rings is 1. The van der Waals surface area contributed by atoms with Crippen LogP contribution in [0.4, 0.5) is 4.79 Å². The maximum Gasteiger partial charge on any atom is 0.410 e. The predicted molar refractivity (Wildman–Crippen MR) is 125 cm³/mol. The minimum Gasteiger partial charge on any atom is -0.497 e. The minimum atomic E-state index is -0.997. The summed E-state index contributed by atoms with van der Waals surface area (Å²) in [6.45, 7) is 5.57. The van der Waals surface area contributed by atoms with Gasteiger partial charge in [0.1, 0.15) is 11.4 Å². The van der Waals surface area contributed by atoms with Gasteiger partial charge in [0.2, 0.25) is 0 Å². The number of piperidine rings is 1. The molecule has 1 aromatic heterocycles. The molecule has 1 aliphatic rings. The molecule has 2 aromatic rings. The first kappa shape index (κ1) is 25.1. The molecule has 9 heteroatoms. The van der Waals surface area contributed by atoms with Crippen LogP contribution < -0.4 is 4.74 Å². The first-order chi connectivity index (χ1) is 15.6. The normalized spacial score (nSPS) is 19.9. The lowest BCUT2D eigenvalue weighted by atomic mass is 9.72. The molecule has 2 N–H and O–H groups in total. The topological polar surface area (TPSA) is 109 Å². The molecule has 3 unspecified atom stereocenters. The second kappa shape index (κ2) is 10.1. The number of aliphatic hydroxyl groups excluding tert-OH is 1. The third-order valence-corrected chi connectivity index (χ3v) is 6.33. The molecule has 0 radical (unpaired) electrons. The smallest absolute Gasteiger partial charge is 0.410 e. The second-order valence-corrected chi connectivity index (χ2v) is 9.75. The number of aliphatic carboxylic acids is 1. The molecular formula is C24H31ClN2O6. The van der Waals surface area contributed by atoms with Gasteiger partial charge in [-0.1, -0.05) is 11.6 Å². The lowest BCUT2D eigenvalue weighted by molar-refractivity contribution is -0.146. The summed E-state index contributed by atoms with van der Waals surface area (Å²) in [7, 11) is 1.57. The van der Waals surface area contributed by atoms with E-state index in [0.717, 1.165) is 10.9 Å². The number of methoxy groups -OCH3 is 1. The summed E-state index contributed by atoms with van der Waals surface area (Å²) in [6.07, 6.45) is 1.80. The number of hydrogen-bond donors (Lipinski definition) is 2. The van der Waals surface area contributed by atoms with Crippen LogP contribution >= 0.6 is 11.6 Å². The zero-order valence-electron chi connectivity index (χ0n) is 19.4. The van der Waals surface area contributed by atoms with Gasteiger partial charge in [0.05, 0.1) is 23.6 Å². The fraction of sp³-hybridized carbons (Fsp3) is 0.542. The average Bonchev–Trinajstić information content (AvgIpc) is 2.76. The molecule has 33 heavy (non-hydrogen) atoms. The molecular weight excluding hydrogens is 448 g/mol. The van der Waals surface area contributed by atoms with E-state index < -0.39 is 23.6 Å². The molecule has 1 aromatic carbocycles. The average molecular weight is 479 g/mol. The third kappa shape index (κ3) is 5.68. The Labute approximate surface area is 198 Å². The molecule has 3 atom stereocenters. The van der Waals surface area contributed by atoms with Crippen LogP contribution in [0.3, 0.4) is 0 Å². The van der Waals surface area contributed by atoms with Crippen LogP contribution in [-0.4, -0.2) is 64.6 Å². The van der Waals surface area contributed by atoms with Gasteiger partial charge in [0.15, 0.2) is 0 Å². The van der Waals surface area contributed by atoms with Crippen LogP contribution in [0.5, 0.6) is 5.75 Å². The van der Waals surface area contributed by atoms with Crippen molar-refractivity contribution in [1.29, 1.82) is 0 Å². The zero-order chi connectivity index (χ0) is 24.3. The number of ether oxygens (including phenoxy) is 2. The van der Waals surface area contributed by atoms with E-state index in [4.69, 9.17) is 21.1 Å². The standard InChI is InChI=1S/C24H31ClN2O6/c1-24(2,3)33-23(31)27-9-7-15(18(13-27)22(29)30)16(8-10-28)21-17-11-14(32-4)5-6-20(17)26-12-19(21)25/h5-6,11-12,15-16,18,28H,7-10,13H2,1-4H3,(H,29,30). The third-order valence-electron chi connectivity index (χ3n) is 6.03. The lowest BCUT2D eigenvalue weighted by Gasteiger charge is -2.41. The van der Waals surface area contributed by atoms with Crippen molar-refractivity contribution in [3.8, 4) is 5.75 Å². The molecule has 0 bridgehead atoms. The first-order valence-electron chi connectivity index (χ1n) is 11.0. The number of aromatic nitrogens is 1. The van der Waals surface area contributed by atoms with E-state index in [1.54, 1.807) is 40.1 Å². The summed E-state index contributed by atoms with van der Waals surface area (Å²) in [5.74, 6) is -1.90. The number of aliphatic hydroxyl groups is 1. The predicted octanol–water partition coefficient (Wildman–Crippen LogP) is 4.32. The van der Waals surface area contributed by atoms with Gasteiger partial charge in [0.25, 0.3) is 0 Å². The van der Waals surface area contributed by atoms with E-state index >= 15 is 0 Å². The Bertz CT molecular complexity index is 1020. The van der Waals surface area contributed by atoms with Gasteiger partial charge in [-0.25, -0.2) is 4.79 Å². The fourth-order valence-electron chi connectivity index (χ4n) is 4.59. The van der Waals surface area contributed by atoms with E-state index in [2.05, 4.69) is 4.98 Å². The summed E-state index contributed by atoms with van der Waals surface area (Å²) >= 11 is 6.61. The Morgan fingerprint density at radius 3 is 2.67 bits per heavy atom. The molecule has 8 nitrogen and oxygen atoms in total. The molecule has 1 amide bonds. The molecule has 0 aliphatic carbocycles. The Morgan fingerprint density at radius 2 is 2.06 bits per heavy atom. The molecule has 180 valence electrons. The van der Waals surface area contributed by atoms with E-state index in [-0.39, 0.29) is 25.0 Å². The van der Waals surface area contributed by atoms with Crippen molar-refractivity contribution in [1.82, 2.24) is 9.88 Å². The van der Waals surface area contributed by atoms with E-state index in [9.17, 15) is 19.8 Å². The summed E-state index contributed by atoms with van der Waals surface area (Å²) < 4.78 is 10.8. The number of fused-ring (bicyclic) bond motifs is 1.